The van der Waals surface area contributed by atoms with Gasteiger partial charge in [-0.15, -0.1) is 0 Å². The van der Waals surface area contributed by atoms with Gasteiger partial charge in [0.2, 0.25) is 0 Å². The number of nitro groups is 1. The quantitative estimate of drug-likeness (QED) is 0.520. The molecule has 1 heterocycles. The molecule has 0 aromatic heterocycles. The SMILES string of the molecule is N#C/C=C(\c1ccc([N+](=O)[O-])cc1)N1CCC(CO)CC1. The highest BCUT2D eigenvalue weighted by molar-refractivity contribution is 5.67. The Labute approximate surface area is 123 Å². The van der Waals surface area contributed by atoms with Gasteiger partial charge in [0, 0.05) is 37.9 Å². The Morgan fingerprint density at radius 2 is 2.05 bits per heavy atom. The van der Waals surface area contributed by atoms with Gasteiger partial charge in [0.25, 0.3) is 5.69 Å². The van der Waals surface area contributed by atoms with E-state index in [-0.39, 0.29) is 12.3 Å². The fraction of sp³-hybridized carbons (Fsp3) is 0.400. The Bertz CT molecular complexity index is 567. The van der Waals surface area contributed by atoms with E-state index in [9.17, 15) is 10.1 Å². The summed E-state index contributed by atoms with van der Waals surface area (Å²) in [7, 11) is 0. The Morgan fingerprint density at radius 1 is 1.43 bits per heavy atom. The summed E-state index contributed by atoms with van der Waals surface area (Å²) in [5, 5.41) is 28.8. The third-order valence-corrected chi connectivity index (χ3v) is 3.79. The number of hydrogen-bond acceptors (Lipinski definition) is 5. The normalized spacial score (nSPS) is 16.6. The maximum atomic E-state index is 10.7. The first kappa shape index (κ1) is 15.0. The van der Waals surface area contributed by atoms with E-state index in [0.29, 0.717) is 5.92 Å². The molecule has 0 aliphatic carbocycles. The Hall–Kier alpha value is -2.39. The van der Waals surface area contributed by atoms with E-state index in [1.807, 2.05) is 6.07 Å². The van der Waals surface area contributed by atoms with E-state index < -0.39 is 4.92 Å². The Balaban J connectivity index is 2.18. The molecule has 1 fully saturated rings. The zero-order valence-electron chi connectivity index (χ0n) is 11.6. The lowest BCUT2D eigenvalue weighted by molar-refractivity contribution is -0.384. The molecule has 21 heavy (non-hydrogen) atoms. The van der Waals surface area contributed by atoms with Crippen LogP contribution in [0.2, 0.25) is 0 Å². The Morgan fingerprint density at radius 3 is 2.52 bits per heavy atom. The molecule has 110 valence electrons. The van der Waals surface area contributed by atoms with Gasteiger partial charge in [0.05, 0.1) is 16.7 Å². The van der Waals surface area contributed by atoms with Gasteiger partial charge in [-0.05, 0) is 36.5 Å². The van der Waals surface area contributed by atoms with Crippen LogP contribution >= 0.6 is 0 Å². The van der Waals surface area contributed by atoms with Crippen LogP contribution in [0.15, 0.2) is 30.3 Å². The second-order valence-electron chi connectivity index (χ2n) is 5.08. The maximum Gasteiger partial charge on any atom is 0.269 e. The molecular formula is C15H17N3O3. The molecule has 1 aliphatic heterocycles. The van der Waals surface area contributed by atoms with Crippen molar-refractivity contribution in [3.05, 3.63) is 46.0 Å². The molecule has 0 spiro atoms. The van der Waals surface area contributed by atoms with Gasteiger partial charge in [0.1, 0.15) is 0 Å². The zero-order chi connectivity index (χ0) is 15.2. The predicted octanol–water partition coefficient (Wildman–Crippen LogP) is 2.16. The topological polar surface area (TPSA) is 90.4 Å². The molecule has 0 atom stereocenters. The summed E-state index contributed by atoms with van der Waals surface area (Å²) in [4.78, 5) is 12.3. The second kappa shape index (κ2) is 6.86. The Kier molecular flexibility index (Phi) is 4.90. The van der Waals surface area contributed by atoms with Crippen LogP contribution in [0.25, 0.3) is 5.70 Å². The molecule has 1 N–H and O–H groups in total. The largest absolute Gasteiger partial charge is 0.396 e. The molecule has 1 aromatic rings. The van der Waals surface area contributed by atoms with E-state index in [1.54, 1.807) is 12.1 Å². The van der Waals surface area contributed by atoms with Crippen LogP contribution in [0.5, 0.6) is 0 Å². The molecule has 0 amide bonds. The third-order valence-electron chi connectivity index (χ3n) is 3.79. The first-order chi connectivity index (χ1) is 10.2. The monoisotopic (exact) mass is 287 g/mol. The number of aliphatic hydroxyl groups is 1. The molecule has 1 aliphatic rings. The maximum absolute atomic E-state index is 10.7. The molecule has 0 unspecified atom stereocenters. The first-order valence-corrected chi connectivity index (χ1v) is 6.86. The van der Waals surface area contributed by atoms with E-state index in [4.69, 9.17) is 10.4 Å². The van der Waals surface area contributed by atoms with Gasteiger partial charge in [0.15, 0.2) is 0 Å². The van der Waals surface area contributed by atoms with Crippen molar-refractivity contribution in [2.75, 3.05) is 19.7 Å². The van der Waals surface area contributed by atoms with Crippen LogP contribution in [0.4, 0.5) is 5.69 Å². The number of nitrogens with zero attached hydrogens (tertiary/aromatic N) is 3. The number of non-ortho nitro benzene ring substituents is 1. The smallest absolute Gasteiger partial charge is 0.269 e. The third kappa shape index (κ3) is 3.58. The molecule has 1 aromatic carbocycles. The fourth-order valence-corrected chi connectivity index (χ4v) is 2.53. The summed E-state index contributed by atoms with van der Waals surface area (Å²) in [6.45, 7) is 1.74. The summed E-state index contributed by atoms with van der Waals surface area (Å²) in [6.07, 6.45) is 3.24. The van der Waals surface area contributed by atoms with Gasteiger partial charge < -0.3 is 10.0 Å². The van der Waals surface area contributed by atoms with E-state index in [1.165, 1.54) is 18.2 Å². The van der Waals surface area contributed by atoms with Crippen LogP contribution in [0.3, 0.4) is 0 Å². The number of nitro benzene ring substituents is 1. The number of nitriles is 1. The van der Waals surface area contributed by atoms with Gasteiger partial charge >= 0.3 is 0 Å². The van der Waals surface area contributed by atoms with Crippen LogP contribution in [0, 0.1) is 27.4 Å². The van der Waals surface area contributed by atoms with Gasteiger partial charge in [-0.3, -0.25) is 10.1 Å². The lowest BCUT2D eigenvalue weighted by atomic mass is 9.96. The second-order valence-corrected chi connectivity index (χ2v) is 5.08. The molecule has 6 heteroatoms. The van der Waals surface area contributed by atoms with Crippen LogP contribution in [-0.4, -0.2) is 34.6 Å². The number of aliphatic hydroxyl groups excluding tert-OH is 1. The molecular weight excluding hydrogens is 270 g/mol. The van der Waals surface area contributed by atoms with Crippen LogP contribution in [0.1, 0.15) is 18.4 Å². The molecule has 0 saturated carbocycles. The van der Waals surface area contributed by atoms with Crippen molar-refractivity contribution >= 4 is 11.4 Å². The molecule has 0 bridgehead atoms. The number of piperidine rings is 1. The fourth-order valence-electron chi connectivity index (χ4n) is 2.53. The number of allylic oxidation sites excluding steroid dienone is 1. The van der Waals surface area contributed by atoms with Crippen molar-refractivity contribution in [3.63, 3.8) is 0 Å². The van der Waals surface area contributed by atoms with Crippen LogP contribution in [-0.2, 0) is 0 Å². The van der Waals surface area contributed by atoms with Crippen molar-refractivity contribution in [2.45, 2.75) is 12.8 Å². The number of likely N-dealkylation sites (tertiary alicyclic amines) is 1. The molecule has 1 saturated heterocycles. The molecule has 6 nitrogen and oxygen atoms in total. The van der Waals surface area contributed by atoms with Gasteiger partial charge in [-0.2, -0.15) is 5.26 Å². The zero-order valence-corrected chi connectivity index (χ0v) is 11.6. The summed E-state index contributed by atoms with van der Waals surface area (Å²) in [5.41, 5.74) is 1.61. The standard InChI is InChI=1S/C15H17N3O3/c16-8-5-15(17-9-6-12(11-19)7-10-17)13-1-3-14(4-2-13)18(20)21/h1-5,12,19H,6-7,9-11H2/b15-5+. The van der Waals surface area contributed by atoms with Crippen molar-refractivity contribution in [3.8, 4) is 6.07 Å². The van der Waals surface area contributed by atoms with Gasteiger partial charge in [-0.25, -0.2) is 0 Å². The number of benzene rings is 1. The summed E-state index contributed by atoms with van der Waals surface area (Å²) >= 11 is 0. The van der Waals surface area contributed by atoms with E-state index in [2.05, 4.69) is 4.90 Å². The van der Waals surface area contributed by atoms with E-state index >= 15 is 0 Å². The minimum atomic E-state index is -0.440. The lowest BCUT2D eigenvalue weighted by Gasteiger charge is -2.34. The minimum Gasteiger partial charge on any atom is -0.396 e. The minimum absolute atomic E-state index is 0.0362. The highest BCUT2D eigenvalue weighted by atomic mass is 16.6. The number of hydrogen-bond donors (Lipinski definition) is 1. The van der Waals surface area contributed by atoms with Crippen molar-refractivity contribution in [1.29, 1.82) is 5.26 Å². The van der Waals surface area contributed by atoms with Crippen molar-refractivity contribution in [1.82, 2.24) is 4.90 Å². The molecule has 2 rings (SSSR count). The van der Waals surface area contributed by atoms with Crippen LogP contribution < -0.4 is 0 Å². The average Bonchev–Trinajstić information content (AvgIpc) is 2.53. The first-order valence-electron chi connectivity index (χ1n) is 6.86. The lowest BCUT2D eigenvalue weighted by Crippen LogP contribution is -2.33. The average molecular weight is 287 g/mol. The van der Waals surface area contributed by atoms with E-state index in [0.717, 1.165) is 37.2 Å². The molecule has 0 radical (unpaired) electrons. The summed E-state index contributed by atoms with van der Waals surface area (Å²) in [6, 6.07) is 8.26. The van der Waals surface area contributed by atoms with Crippen molar-refractivity contribution in [2.24, 2.45) is 5.92 Å². The number of rotatable bonds is 4. The summed E-state index contributed by atoms with van der Waals surface area (Å²) < 4.78 is 0. The summed E-state index contributed by atoms with van der Waals surface area (Å²) in [5.74, 6) is 0.321. The predicted molar refractivity (Wildman–Crippen MR) is 78.1 cm³/mol. The highest BCUT2D eigenvalue weighted by Crippen LogP contribution is 2.27. The highest BCUT2D eigenvalue weighted by Gasteiger charge is 2.21. The van der Waals surface area contributed by atoms with Gasteiger partial charge in [-0.1, -0.05) is 0 Å². The van der Waals surface area contributed by atoms with Crippen molar-refractivity contribution < 1.29 is 10.0 Å².